The Morgan fingerprint density at radius 2 is 1.89 bits per heavy atom. The SMILES string of the molecule is Cc1cccc(C[NH+]2CC[NH+](CN3C(=O)N[C@@]4(CCCC[C@H]4C)C3=O)CC2)c1. The number of benzene rings is 1. The van der Waals surface area contributed by atoms with E-state index in [1.165, 1.54) is 20.9 Å². The van der Waals surface area contributed by atoms with E-state index < -0.39 is 5.54 Å². The van der Waals surface area contributed by atoms with Crippen molar-refractivity contribution in [2.45, 2.75) is 51.6 Å². The first kappa shape index (κ1) is 19.4. The quantitative estimate of drug-likeness (QED) is 0.625. The number of carbonyl (C=O) groups excluding carboxylic acids is 2. The third-order valence-electron chi connectivity index (χ3n) is 7.08. The van der Waals surface area contributed by atoms with Gasteiger partial charge in [-0.25, -0.2) is 9.69 Å². The van der Waals surface area contributed by atoms with Crippen LogP contribution in [0.25, 0.3) is 0 Å². The molecule has 3 fully saturated rings. The molecule has 6 nitrogen and oxygen atoms in total. The second-order valence-electron chi connectivity index (χ2n) is 9.11. The lowest BCUT2D eigenvalue weighted by Gasteiger charge is -2.37. The van der Waals surface area contributed by atoms with Gasteiger partial charge < -0.3 is 15.1 Å². The van der Waals surface area contributed by atoms with Gasteiger partial charge in [0.15, 0.2) is 6.67 Å². The molecule has 1 aromatic rings. The second-order valence-corrected chi connectivity index (χ2v) is 9.11. The van der Waals surface area contributed by atoms with Crippen LogP contribution in [0.2, 0.25) is 0 Å². The van der Waals surface area contributed by atoms with Crippen molar-refractivity contribution in [1.82, 2.24) is 10.2 Å². The predicted molar refractivity (Wildman–Crippen MR) is 107 cm³/mol. The Balaban J connectivity index is 1.32. The van der Waals surface area contributed by atoms with E-state index in [1.807, 2.05) is 0 Å². The normalized spacial score (nSPS) is 33.4. The molecule has 2 atom stereocenters. The first-order valence-corrected chi connectivity index (χ1v) is 10.8. The van der Waals surface area contributed by atoms with Gasteiger partial charge in [-0.3, -0.25) is 4.79 Å². The third kappa shape index (κ3) is 3.67. The van der Waals surface area contributed by atoms with Crippen LogP contribution in [0.1, 0.15) is 43.7 Å². The van der Waals surface area contributed by atoms with Crippen molar-refractivity contribution in [2.75, 3.05) is 32.8 Å². The molecule has 1 saturated carbocycles. The number of nitrogens with one attached hydrogen (secondary N) is 3. The minimum Gasteiger partial charge on any atom is -0.323 e. The maximum Gasteiger partial charge on any atom is 0.329 e. The molecule has 28 heavy (non-hydrogen) atoms. The molecule has 1 spiro atoms. The van der Waals surface area contributed by atoms with E-state index in [9.17, 15) is 9.59 Å². The molecule has 152 valence electrons. The molecule has 3 aliphatic rings. The Labute approximate surface area is 167 Å². The lowest BCUT2D eigenvalue weighted by molar-refractivity contribution is -1.02. The number of urea groups is 1. The molecule has 1 aromatic carbocycles. The van der Waals surface area contributed by atoms with E-state index >= 15 is 0 Å². The van der Waals surface area contributed by atoms with Crippen molar-refractivity contribution in [3.8, 4) is 0 Å². The molecule has 1 aliphatic carbocycles. The summed E-state index contributed by atoms with van der Waals surface area (Å²) in [5.41, 5.74) is 2.07. The minimum absolute atomic E-state index is 0.0201. The highest BCUT2D eigenvalue weighted by atomic mass is 16.2. The van der Waals surface area contributed by atoms with Crippen LogP contribution in [0.4, 0.5) is 4.79 Å². The molecule has 2 heterocycles. The van der Waals surface area contributed by atoms with Crippen molar-refractivity contribution in [3.63, 3.8) is 0 Å². The van der Waals surface area contributed by atoms with Crippen LogP contribution in [0.3, 0.4) is 0 Å². The smallest absolute Gasteiger partial charge is 0.323 e. The number of aryl methyl sites for hydroxylation is 1. The fourth-order valence-electron chi connectivity index (χ4n) is 5.27. The summed E-state index contributed by atoms with van der Waals surface area (Å²) < 4.78 is 0. The fourth-order valence-corrected chi connectivity index (χ4v) is 5.27. The van der Waals surface area contributed by atoms with Gasteiger partial charge in [0.05, 0.1) is 0 Å². The zero-order chi connectivity index (χ0) is 19.7. The van der Waals surface area contributed by atoms with Crippen molar-refractivity contribution in [1.29, 1.82) is 0 Å². The minimum atomic E-state index is -0.632. The Morgan fingerprint density at radius 3 is 2.61 bits per heavy atom. The summed E-state index contributed by atoms with van der Waals surface area (Å²) in [6, 6.07) is 8.56. The van der Waals surface area contributed by atoms with Crippen molar-refractivity contribution < 1.29 is 19.4 Å². The average molecular weight is 387 g/mol. The summed E-state index contributed by atoms with van der Waals surface area (Å²) in [6.07, 6.45) is 3.99. The monoisotopic (exact) mass is 386 g/mol. The van der Waals surface area contributed by atoms with Crippen LogP contribution >= 0.6 is 0 Å². The topological polar surface area (TPSA) is 58.3 Å². The van der Waals surface area contributed by atoms with Gasteiger partial charge in [-0.2, -0.15) is 0 Å². The van der Waals surface area contributed by atoms with Crippen molar-refractivity contribution in [3.05, 3.63) is 35.4 Å². The molecule has 6 heteroatoms. The van der Waals surface area contributed by atoms with Gasteiger partial charge in [0.25, 0.3) is 5.91 Å². The van der Waals surface area contributed by atoms with Gasteiger partial charge in [0.2, 0.25) is 0 Å². The van der Waals surface area contributed by atoms with Crippen LogP contribution < -0.4 is 15.1 Å². The number of rotatable bonds is 4. The first-order valence-electron chi connectivity index (χ1n) is 10.8. The molecule has 0 radical (unpaired) electrons. The number of imide groups is 1. The van der Waals surface area contributed by atoms with Crippen molar-refractivity contribution >= 4 is 11.9 Å². The molecule has 3 N–H and O–H groups in total. The number of hydrogen-bond acceptors (Lipinski definition) is 2. The Kier molecular flexibility index (Phi) is 5.43. The van der Waals surface area contributed by atoms with Crippen LogP contribution in [0.5, 0.6) is 0 Å². The first-order chi connectivity index (χ1) is 13.5. The van der Waals surface area contributed by atoms with Crippen LogP contribution in [-0.2, 0) is 11.3 Å². The summed E-state index contributed by atoms with van der Waals surface area (Å²) in [6.45, 7) is 9.97. The van der Waals surface area contributed by atoms with Gasteiger partial charge >= 0.3 is 6.03 Å². The average Bonchev–Trinajstić information content (AvgIpc) is 2.91. The van der Waals surface area contributed by atoms with E-state index in [-0.39, 0.29) is 17.9 Å². The lowest BCUT2D eigenvalue weighted by Crippen LogP contribution is -3.28. The maximum atomic E-state index is 13.1. The molecule has 3 amide bonds. The van der Waals surface area contributed by atoms with Gasteiger partial charge in [-0.1, -0.05) is 49.6 Å². The van der Waals surface area contributed by atoms with E-state index in [1.54, 1.807) is 4.90 Å². The van der Waals surface area contributed by atoms with Gasteiger partial charge in [-0.05, 0) is 25.7 Å². The summed E-state index contributed by atoms with van der Waals surface area (Å²) >= 11 is 0. The molecule has 0 aromatic heterocycles. The molecule has 0 bridgehead atoms. The largest absolute Gasteiger partial charge is 0.329 e. The van der Waals surface area contributed by atoms with E-state index in [0.29, 0.717) is 6.67 Å². The second kappa shape index (κ2) is 7.84. The number of piperazine rings is 1. The number of nitrogens with zero attached hydrogens (tertiary/aromatic N) is 1. The highest BCUT2D eigenvalue weighted by Gasteiger charge is 2.55. The number of quaternary nitrogens is 2. The van der Waals surface area contributed by atoms with Gasteiger partial charge in [-0.15, -0.1) is 0 Å². The summed E-state index contributed by atoms with van der Waals surface area (Å²) in [5, 5.41) is 3.07. The Morgan fingerprint density at radius 1 is 1.14 bits per heavy atom. The Bertz CT molecular complexity index is 744. The van der Waals surface area contributed by atoms with Crippen LogP contribution in [-0.4, -0.2) is 55.2 Å². The van der Waals surface area contributed by atoms with Gasteiger partial charge in [0.1, 0.15) is 38.3 Å². The molecule has 2 saturated heterocycles. The predicted octanol–water partition coefficient (Wildman–Crippen LogP) is -0.263. The van der Waals surface area contributed by atoms with Crippen LogP contribution in [0, 0.1) is 12.8 Å². The zero-order valence-corrected chi connectivity index (χ0v) is 17.2. The third-order valence-corrected chi connectivity index (χ3v) is 7.08. The van der Waals surface area contributed by atoms with Crippen molar-refractivity contribution in [2.24, 2.45) is 5.92 Å². The number of amides is 3. The Hall–Kier alpha value is -1.92. The highest BCUT2D eigenvalue weighted by Crippen LogP contribution is 2.37. The molecular formula is C22H34N4O2+2. The summed E-state index contributed by atoms with van der Waals surface area (Å²) in [7, 11) is 0. The molecule has 0 unspecified atom stereocenters. The van der Waals surface area contributed by atoms with Crippen LogP contribution in [0.15, 0.2) is 24.3 Å². The molecule has 4 rings (SSSR count). The number of hydrogen-bond donors (Lipinski definition) is 3. The van der Waals surface area contributed by atoms with E-state index in [4.69, 9.17) is 0 Å². The summed E-state index contributed by atoms with van der Waals surface area (Å²) in [4.78, 5) is 30.2. The summed E-state index contributed by atoms with van der Waals surface area (Å²) in [5.74, 6) is 0.250. The van der Waals surface area contributed by atoms with E-state index in [2.05, 4.69) is 43.4 Å². The lowest BCUT2D eigenvalue weighted by atomic mass is 9.73. The highest BCUT2D eigenvalue weighted by molar-refractivity contribution is 6.07. The van der Waals surface area contributed by atoms with Gasteiger partial charge in [0, 0.05) is 5.56 Å². The molecular weight excluding hydrogens is 352 g/mol. The molecule has 2 aliphatic heterocycles. The number of carbonyl (C=O) groups is 2. The maximum absolute atomic E-state index is 13.1. The standard InChI is InChI=1S/C22H32N4O2/c1-17-6-5-8-19(14-17)15-24-10-12-25(13-11-24)16-26-20(27)22(23-21(26)28)9-4-3-7-18(22)2/h5-6,8,14,18H,3-4,7,9-13,15-16H2,1-2H3,(H,23,28)/p+2/t18-,22-/m1/s1. The fraction of sp³-hybridized carbons (Fsp3) is 0.636. The van der Waals surface area contributed by atoms with E-state index in [0.717, 1.165) is 58.4 Å². The zero-order valence-electron chi connectivity index (χ0n) is 17.2.